The molecule has 0 aromatic heterocycles. The zero-order chi connectivity index (χ0) is 6.81. The first-order valence-electron chi connectivity index (χ1n) is 3.93. The van der Waals surface area contributed by atoms with Crippen LogP contribution in [0.1, 0.15) is 12.8 Å². The summed E-state index contributed by atoms with van der Waals surface area (Å²) in [6, 6.07) is 0. The topological polar surface area (TPSA) is 9.23 Å². The van der Waals surface area contributed by atoms with Crippen molar-refractivity contribution in [2.24, 2.45) is 5.92 Å². The molecule has 1 aliphatic carbocycles. The molecule has 1 atom stereocenters. The molecule has 1 unspecified atom stereocenters. The molecule has 0 N–H and O–H groups in total. The SMILES string of the molecule is C1=CC(C2CCCO2)C=C1.[V]. The second-order valence-electron chi connectivity index (χ2n) is 2.90. The molecule has 2 aliphatic rings. The van der Waals surface area contributed by atoms with Gasteiger partial charge in [0, 0.05) is 31.1 Å². The Morgan fingerprint density at radius 2 is 1.91 bits per heavy atom. The van der Waals surface area contributed by atoms with Crippen LogP contribution in [0.4, 0.5) is 0 Å². The Kier molecular flexibility index (Phi) is 3.44. The van der Waals surface area contributed by atoms with Gasteiger partial charge in [0.05, 0.1) is 6.10 Å². The summed E-state index contributed by atoms with van der Waals surface area (Å²) >= 11 is 0. The normalized spacial score (nSPS) is 29.3. The fourth-order valence-electron chi connectivity index (χ4n) is 1.60. The number of hydrogen-bond acceptors (Lipinski definition) is 1. The van der Waals surface area contributed by atoms with Gasteiger partial charge in [-0.15, -0.1) is 0 Å². The minimum Gasteiger partial charge on any atom is -0.377 e. The van der Waals surface area contributed by atoms with Crippen LogP contribution in [-0.4, -0.2) is 12.7 Å². The molecule has 1 saturated heterocycles. The van der Waals surface area contributed by atoms with Gasteiger partial charge in [0.1, 0.15) is 0 Å². The molecule has 1 radical (unpaired) electrons. The average molecular weight is 187 g/mol. The van der Waals surface area contributed by atoms with E-state index in [1.54, 1.807) is 0 Å². The Labute approximate surface area is 79.4 Å². The van der Waals surface area contributed by atoms with Crippen molar-refractivity contribution < 1.29 is 23.3 Å². The smallest absolute Gasteiger partial charge is 0.0673 e. The van der Waals surface area contributed by atoms with Crippen molar-refractivity contribution in [1.82, 2.24) is 0 Å². The average Bonchev–Trinajstić information content (AvgIpc) is 2.59. The largest absolute Gasteiger partial charge is 0.377 e. The summed E-state index contributed by atoms with van der Waals surface area (Å²) < 4.78 is 5.53. The minimum atomic E-state index is 0. The number of ether oxygens (including phenoxy) is 1. The molecular weight excluding hydrogens is 175 g/mol. The Hall–Kier alpha value is 0.0244. The molecule has 0 amide bonds. The maximum Gasteiger partial charge on any atom is 0.0673 e. The third-order valence-corrected chi connectivity index (χ3v) is 2.17. The van der Waals surface area contributed by atoms with Gasteiger partial charge in [-0.1, -0.05) is 24.3 Å². The van der Waals surface area contributed by atoms with E-state index in [1.165, 1.54) is 12.8 Å². The quantitative estimate of drug-likeness (QED) is 0.609. The molecule has 2 rings (SSSR count). The number of rotatable bonds is 1. The third kappa shape index (κ3) is 1.99. The molecule has 11 heavy (non-hydrogen) atoms. The second-order valence-corrected chi connectivity index (χ2v) is 2.90. The van der Waals surface area contributed by atoms with Crippen LogP contribution in [0.15, 0.2) is 24.3 Å². The Morgan fingerprint density at radius 3 is 2.45 bits per heavy atom. The van der Waals surface area contributed by atoms with Crippen LogP contribution in [0.5, 0.6) is 0 Å². The standard InChI is InChI=1S/C9H12O.V/c1-2-5-8(4-1)9-6-3-7-10-9;/h1-2,4-5,8-9H,3,6-7H2;. The molecule has 59 valence electrons. The first kappa shape index (κ1) is 9.12. The Bertz CT molecular complexity index is 156. The van der Waals surface area contributed by atoms with E-state index in [9.17, 15) is 0 Å². The molecule has 0 aromatic carbocycles. The van der Waals surface area contributed by atoms with Crippen molar-refractivity contribution in [1.29, 1.82) is 0 Å². The van der Waals surface area contributed by atoms with E-state index in [2.05, 4.69) is 24.3 Å². The van der Waals surface area contributed by atoms with E-state index in [0.717, 1.165) is 6.61 Å². The zero-order valence-corrected chi connectivity index (χ0v) is 7.84. The van der Waals surface area contributed by atoms with Crippen molar-refractivity contribution in [3.8, 4) is 0 Å². The van der Waals surface area contributed by atoms with Crippen LogP contribution < -0.4 is 0 Å². The van der Waals surface area contributed by atoms with Gasteiger partial charge in [-0.05, 0) is 12.8 Å². The van der Waals surface area contributed by atoms with Gasteiger partial charge < -0.3 is 4.74 Å². The summed E-state index contributed by atoms with van der Waals surface area (Å²) in [5, 5.41) is 0. The third-order valence-electron chi connectivity index (χ3n) is 2.17. The van der Waals surface area contributed by atoms with E-state index in [-0.39, 0.29) is 18.6 Å². The van der Waals surface area contributed by atoms with Crippen LogP contribution in [-0.2, 0) is 23.3 Å². The monoisotopic (exact) mass is 187 g/mol. The predicted octanol–water partition coefficient (Wildman–Crippen LogP) is 1.91. The minimum absolute atomic E-state index is 0. The van der Waals surface area contributed by atoms with Crippen molar-refractivity contribution >= 4 is 0 Å². The predicted molar refractivity (Wildman–Crippen MR) is 40.7 cm³/mol. The molecule has 0 bridgehead atoms. The Balaban J connectivity index is 0.000000605. The van der Waals surface area contributed by atoms with Crippen molar-refractivity contribution in [3.63, 3.8) is 0 Å². The van der Waals surface area contributed by atoms with E-state index in [1.807, 2.05) is 0 Å². The van der Waals surface area contributed by atoms with Gasteiger partial charge in [-0.3, -0.25) is 0 Å². The van der Waals surface area contributed by atoms with Crippen LogP contribution >= 0.6 is 0 Å². The van der Waals surface area contributed by atoms with Crippen LogP contribution in [0.2, 0.25) is 0 Å². The summed E-state index contributed by atoms with van der Waals surface area (Å²) in [5.41, 5.74) is 0. The van der Waals surface area contributed by atoms with Gasteiger partial charge in [-0.25, -0.2) is 0 Å². The second kappa shape index (κ2) is 4.15. The van der Waals surface area contributed by atoms with Crippen LogP contribution in [0.25, 0.3) is 0 Å². The first-order chi connectivity index (χ1) is 4.97. The summed E-state index contributed by atoms with van der Waals surface area (Å²) in [7, 11) is 0. The summed E-state index contributed by atoms with van der Waals surface area (Å²) in [6.07, 6.45) is 11.6. The molecule has 0 saturated carbocycles. The summed E-state index contributed by atoms with van der Waals surface area (Å²) in [4.78, 5) is 0. The van der Waals surface area contributed by atoms with Crippen LogP contribution in [0.3, 0.4) is 0 Å². The fourth-order valence-corrected chi connectivity index (χ4v) is 1.60. The zero-order valence-electron chi connectivity index (χ0n) is 6.44. The number of allylic oxidation sites excluding steroid dienone is 2. The van der Waals surface area contributed by atoms with Gasteiger partial charge in [0.2, 0.25) is 0 Å². The molecule has 1 aliphatic heterocycles. The first-order valence-corrected chi connectivity index (χ1v) is 3.93. The summed E-state index contributed by atoms with van der Waals surface area (Å²) in [6.45, 7) is 0.961. The van der Waals surface area contributed by atoms with Crippen molar-refractivity contribution in [2.75, 3.05) is 6.61 Å². The van der Waals surface area contributed by atoms with Crippen molar-refractivity contribution in [3.05, 3.63) is 24.3 Å². The van der Waals surface area contributed by atoms with E-state index in [4.69, 9.17) is 4.74 Å². The molecule has 1 heterocycles. The maximum atomic E-state index is 5.53. The molecule has 1 nitrogen and oxygen atoms in total. The van der Waals surface area contributed by atoms with E-state index in [0.29, 0.717) is 12.0 Å². The van der Waals surface area contributed by atoms with Crippen LogP contribution in [0, 0.1) is 5.92 Å². The summed E-state index contributed by atoms with van der Waals surface area (Å²) in [5.74, 6) is 0.572. The maximum absolute atomic E-state index is 5.53. The van der Waals surface area contributed by atoms with Gasteiger partial charge in [0.15, 0.2) is 0 Å². The van der Waals surface area contributed by atoms with Gasteiger partial charge >= 0.3 is 0 Å². The molecular formula is C9H12OV. The van der Waals surface area contributed by atoms with Crippen molar-refractivity contribution in [2.45, 2.75) is 18.9 Å². The van der Waals surface area contributed by atoms with E-state index < -0.39 is 0 Å². The molecule has 2 heteroatoms. The Morgan fingerprint density at radius 1 is 1.18 bits per heavy atom. The molecule has 0 aromatic rings. The molecule has 0 spiro atoms. The number of hydrogen-bond donors (Lipinski definition) is 0. The van der Waals surface area contributed by atoms with E-state index >= 15 is 0 Å². The fraction of sp³-hybridized carbons (Fsp3) is 0.556. The molecule has 1 fully saturated rings. The van der Waals surface area contributed by atoms with Gasteiger partial charge in [-0.2, -0.15) is 0 Å². The van der Waals surface area contributed by atoms with Gasteiger partial charge in [0.25, 0.3) is 0 Å².